The Hall–Kier alpha value is -4.63. The van der Waals surface area contributed by atoms with E-state index in [1.54, 1.807) is 20.2 Å². The van der Waals surface area contributed by atoms with Crippen LogP contribution in [0.3, 0.4) is 0 Å². The second-order valence-electron chi connectivity index (χ2n) is 11.8. The first kappa shape index (κ1) is 28.8. The van der Waals surface area contributed by atoms with E-state index in [0.717, 1.165) is 24.1 Å². The molecule has 2 N–H and O–H groups in total. The van der Waals surface area contributed by atoms with Gasteiger partial charge in [-0.25, -0.2) is 4.39 Å². The number of aromatic amines is 1. The zero-order valence-electron chi connectivity index (χ0n) is 25.2. The summed E-state index contributed by atoms with van der Waals surface area (Å²) >= 11 is 7.39. The van der Waals surface area contributed by atoms with Gasteiger partial charge in [-0.15, -0.1) is 6.42 Å². The normalized spacial score (nSPS) is 19.6. The molecule has 3 atom stereocenters. The van der Waals surface area contributed by atoms with Crippen LogP contribution >= 0.6 is 11.6 Å². The molecule has 0 aliphatic carbocycles. The van der Waals surface area contributed by atoms with Crippen LogP contribution in [-0.2, 0) is 11.3 Å². The third-order valence-corrected chi connectivity index (χ3v) is 9.53. The number of aromatic nitrogens is 4. The van der Waals surface area contributed by atoms with Crippen molar-refractivity contribution in [1.29, 1.82) is 0 Å². The number of methoxy groups -OCH3 is 1. The van der Waals surface area contributed by atoms with Crippen LogP contribution in [0.2, 0.25) is 5.02 Å². The van der Waals surface area contributed by atoms with Gasteiger partial charge in [0.05, 0.1) is 34.8 Å². The van der Waals surface area contributed by atoms with Gasteiger partial charge in [0.2, 0.25) is 0 Å². The summed E-state index contributed by atoms with van der Waals surface area (Å²) in [5, 5.41) is 12.3. The lowest BCUT2D eigenvalue weighted by molar-refractivity contribution is 0.141. The minimum Gasteiger partial charge on any atom is -0.489 e. The first-order valence-electron chi connectivity index (χ1n) is 15.1. The van der Waals surface area contributed by atoms with E-state index in [0.29, 0.717) is 69.0 Å². The third kappa shape index (κ3) is 4.51. The van der Waals surface area contributed by atoms with Crippen LogP contribution in [0.15, 0.2) is 36.5 Å². The van der Waals surface area contributed by atoms with E-state index in [2.05, 4.69) is 26.3 Å². The maximum absolute atomic E-state index is 15.5. The molecule has 2 fully saturated rings. The number of rotatable bonds is 8. The molecule has 3 aromatic carbocycles. The molecule has 10 nitrogen and oxygen atoms in total. The lowest BCUT2D eigenvalue weighted by Gasteiger charge is -2.35. The van der Waals surface area contributed by atoms with E-state index in [1.165, 1.54) is 6.07 Å². The van der Waals surface area contributed by atoms with Crippen LogP contribution in [0.1, 0.15) is 23.1 Å². The molecule has 5 aromatic rings. The molecule has 2 bridgehead atoms. The van der Waals surface area contributed by atoms with Crippen LogP contribution in [-0.4, -0.2) is 71.8 Å². The molecular formula is C34H30ClFN6O4. The van der Waals surface area contributed by atoms with Crippen LogP contribution in [0.4, 0.5) is 10.2 Å². The van der Waals surface area contributed by atoms with Gasteiger partial charge in [-0.3, -0.25) is 5.10 Å². The molecule has 0 radical (unpaired) electrons. The molecule has 46 heavy (non-hydrogen) atoms. The summed E-state index contributed by atoms with van der Waals surface area (Å²) in [6, 6.07) is 9.58. The number of piperazine rings is 1. The molecule has 0 spiro atoms. The maximum atomic E-state index is 15.5. The summed E-state index contributed by atoms with van der Waals surface area (Å²) in [5.41, 5.74) is 3.96. The van der Waals surface area contributed by atoms with Crippen LogP contribution in [0.5, 0.6) is 17.5 Å². The average Bonchev–Trinajstić information content (AvgIpc) is 3.79. The number of benzene rings is 3. The van der Waals surface area contributed by atoms with E-state index >= 15 is 4.39 Å². The molecule has 5 heterocycles. The van der Waals surface area contributed by atoms with Gasteiger partial charge in [-0.2, -0.15) is 15.1 Å². The molecule has 8 rings (SSSR count). The first-order chi connectivity index (χ1) is 22.5. The molecule has 0 saturated carbocycles. The monoisotopic (exact) mass is 640 g/mol. The zero-order valence-corrected chi connectivity index (χ0v) is 25.9. The fourth-order valence-electron chi connectivity index (χ4n) is 6.96. The Morgan fingerprint density at radius 2 is 2.02 bits per heavy atom. The van der Waals surface area contributed by atoms with E-state index in [4.69, 9.17) is 46.9 Å². The predicted molar refractivity (Wildman–Crippen MR) is 172 cm³/mol. The van der Waals surface area contributed by atoms with Gasteiger partial charge in [0.1, 0.15) is 37.0 Å². The minimum atomic E-state index is -0.416. The van der Waals surface area contributed by atoms with Gasteiger partial charge in [0, 0.05) is 47.8 Å². The minimum absolute atomic E-state index is 0.0196. The van der Waals surface area contributed by atoms with E-state index in [9.17, 15) is 0 Å². The summed E-state index contributed by atoms with van der Waals surface area (Å²) in [4.78, 5) is 12.2. The van der Waals surface area contributed by atoms with Crippen molar-refractivity contribution in [3.63, 3.8) is 0 Å². The number of nitrogens with zero attached hydrogens (tertiary/aromatic N) is 4. The third-order valence-electron chi connectivity index (χ3n) is 9.17. The van der Waals surface area contributed by atoms with Gasteiger partial charge in [0.25, 0.3) is 0 Å². The highest BCUT2D eigenvalue weighted by molar-refractivity contribution is 6.38. The predicted octanol–water partition coefficient (Wildman–Crippen LogP) is 5.17. The molecule has 2 saturated heterocycles. The van der Waals surface area contributed by atoms with Crippen molar-refractivity contribution in [3.05, 3.63) is 64.1 Å². The van der Waals surface area contributed by atoms with Crippen molar-refractivity contribution in [2.45, 2.75) is 38.1 Å². The number of fused-ring (bicyclic) bond motifs is 7. The molecule has 2 aromatic heterocycles. The Balaban J connectivity index is 1.42. The Kier molecular flexibility index (Phi) is 7.09. The smallest absolute Gasteiger partial charge is 0.319 e. The second-order valence-corrected chi connectivity index (χ2v) is 12.1. The first-order valence-corrected chi connectivity index (χ1v) is 15.5. The standard InChI is InChI=1S/C34H30ClFN6O4/c1-4-18-5-7-19(8-6-18)15-45-32-27(26-17(2)22(36)12-23-21(26)14-38-41-23)29(35)31-28-30(32)39-34(44-10-9-43-3)40-33(28)42-20-11-24(37-13-20)25(42)16-46-31/h1,5-8,12,14,20,24-25,37H,9-11,13,15-16H2,2-3H3,(H,38,41). The van der Waals surface area contributed by atoms with Gasteiger partial charge in [-0.1, -0.05) is 29.7 Å². The fourth-order valence-corrected chi connectivity index (χ4v) is 7.29. The number of halogens is 2. The SMILES string of the molecule is C#Cc1ccc(COc2c(-c3c(C)c(F)cc4[nH]ncc34)c(Cl)c3c4c(nc(OCCOC)nc24)N2C4CNC(C4)C2CO3)cc1. The lowest BCUT2D eigenvalue weighted by Crippen LogP contribution is -2.53. The van der Waals surface area contributed by atoms with Crippen molar-refractivity contribution >= 4 is 39.2 Å². The van der Waals surface area contributed by atoms with E-state index in [1.807, 2.05) is 24.3 Å². The summed E-state index contributed by atoms with van der Waals surface area (Å²) in [5.74, 6) is 3.67. The number of hydrogen-bond donors (Lipinski definition) is 2. The van der Waals surface area contributed by atoms with Crippen molar-refractivity contribution < 1.29 is 23.3 Å². The number of anilines is 1. The van der Waals surface area contributed by atoms with Gasteiger partial charge in [0.15, 0.2) is 11.5 Å². The molecule has 3 unspecified atom stereocenters. The largest absolute Gasteiger partial charge is 0.489 e. The zero-order chi connectivity index (χ0) is 31.5. The molecule has 234 valence electrons. The Labute approximate surface area is 269 Å². The highest BCUT2D eigenvalue weighted by atomic mass is 35.5. The quantitative estimate of drug-likeness (QED) is 0.175. The highest BCUT2D eigenvalue weighted by Gasteiger charge is 2.49. The van der Waals surface area contributed by atoms with Crippen molar-refractivity contribution in [3.8, 4) is 41.0 Å². The number of ether oxygens (including phenoxy) is 4. The van der Waals surface area contributed by atoms with Crippen molar-refractivity contribution in [2.75, 3.05) is 38.4 Å². The van der Waals surface area contributed by atoms with Gasteiger partial charge >= 0.3 is 6.01 Å². The van der Waals surface area contributed by atoms with E-state index < -0.39 is 5.82 Å². The molecular weight excluding hydrogens is 611 g/mol. The summed E-state index contributed by atoms with van der Waals surface area (Å²) in [7, 11) is 1.61. The Morgan fingerprint density at radius 3 is 2.83 bits per heavy atom. The number of hydrogen-bond acceptors (Lipinski definition) is 9. The van der Waals surface area contributed by atoms with Crippen molar-refractivity contribution in [1.82, 2.24) is 25.5 Å². The Bertz CT molecular complexity index is 2040. The fraction of sp³-hybridized carbons (Fsp3) is 0.324. The van der Waals surface area contributed by atoms with Gasteiger partial charge in [-0.05, 0) is 42.7 Å². The number of nitrogens with one attached hydrogen (secondary N) is 2. The summed E-state index contributed by atoms with van der Waals surface area (Å²) in [6.07, 6.45) is 8.21. The molecule has 0 amide bonds. The van der Waals surface area contributed by atoms with Gasteiger partial charge < -0.3 is 29.2 Å². The maximum Gasteiger partial charge on any atom is 0.319 e. The average molecular weight is 641 g/mol. The molecule has 3 aliphatic rings. The summed E-state index contributed by atoms with van der Waals surface area (Å²) < 4.78 is 40.1. The molecule has 3 aliphatic heterocycles. The van der Waals surface area contributed by atoms with Crippen molar-refractivity contribution in [2.24, 2.45) is 0 Å². The van der Waals surface area contributed by atoms with Crippen LogP contribution in [0.25, 0.3) is 32.9 Å². The second kappa shape index (κ2) is 11.3. The van der Waals surface area contributed by atoms with E-state index in [-0.39, 0.29) is 42.4 Å². The highest BCUT2D eigenvalue weighted by Crippen LogP contribution is 2.55. The summed E-state index contributed by atoms with van der Waals surface area (Å²) in [6.45, 7) is 3.68. The molecule has 12 heteroatoms. The van der Waals surface area contributed by atoms with Crippen LogP contribution < -0.4 is 24.4 Å². The Morgan fingerprint density at radius 1 is 1.17 bits per heavy atom. The topological polar surface area (TPSA) is 107 Å². The number of terminal acetylenes is 1. The lowest BCUT2D eigenvalue weighted by atomic mass is 9.93. The number of H-pyrrole nitrogens is 1. The van der Waals surface area contributed by atoms with Crippen LogP contribution in [0, 0.1) is 25.1 Å².